The molecule has 34 heavy (non-hydrogen) atoms. The van der Waals surface area contributed by atoms with E-state index < -0.39 is 5.91 Å². The second kappa shape index (κ2) is 11.7. The Morgan fingerprint density at radius 2 is 2.09 bits per heavy atom. The average molecular weight is 463 g/mol. The van der Waals surface area contributed by atoms with Crippen LogP contribution in [0, 0.1) is 5.41 Å². The van der Waals surface area contributed by atoms with Gasteiger partial charge in [0, 0.05) is 43.2 Å². The molecule has 1 saturated heterocycles. The highest BCUT2D eigenvalue weighted by Crippen LogP contribution is 2.25. The number of amidine groups is 1. The summed E-state index contributed by atoms with van der Waals surface area (Å²) in [5.74, 6) is -0.104. The molecule has 178 valence electrons. The minimum Gasteiger partial charge on any atom is -0.370 e. The van der Waals surface area contributed by atoms with Gasteiger partial charge >= 0.3 is 0 Å². The molecule has 1 fully saturated rings. The third-order valence-corrected chi connectivity index (χ3v) is 5.42. The monoisotopic (exact) mass is 462 g/mol. The zero-order valence-corrected chi connectivity index (χ0v) is 19.4. The summed E-state index contributed by atoms with van der Waals surface area (Å²) in [6.07, 6.45) is 7.09. The van der Waals surface area contributed by atoms with E-state index in [2.05, 4.69) is 68.5 Å². The summed E-state index contributed by atoms with van der Waals surface area (Å²) in [6, 6.07) is 8.56. The van der Waals surface area contributed by atoms with Crippen molar-refractivity contribution in [2.45, 2.75) is 12.5 Å². The Balaban J connectivity index is 1.75. The van der Waals surface area contributed by atoms with E-state index in [1.807, 2.05) is 12.1 Å². The number of hydrogen-bond donors (Lipinski definition) is 4. The Morgan fingerprint density at radius 3 is 2.74 bits per heavy atom. The van der Waals surface area contributed by atoms with E-state index in [1.54, 1.807) is 6.08 Å². The van der Waals surface area contributed by atoms with Crippen LogP contribution in [-0.4, -0.2) is 72.7 Å². The van der Waals surface area contributed by atoms with Crippen molar-refractivity contribution in [3.05, 3.63) is 60.8 Å². The van der Waals surface area contributed by atoms with Crippen LogP contribution in [0.5, 0.6) is 0 Å². The standard InChI is InChI=1S/C24H30N8O2/c1-4-12-26-23(34)20-15-27-24(30-22(20)29-21(25)6-5-14-33)28-17-7-9-18(10-8-17)32-13-11-19(16-32)31(2)3/h4-10,14-15,19H,1,11-13,16H2,2-3H3,(H,26,34)(H3,25,27,28,29,30)/b6-5-. The van der Waals surface area contributed by atoms with E-state index in [4.69, 9.17) is 5.41 Å². The molecule has 1 aromatic heterocycles. The average Bonchev–Trinajstić information content (AvgIpc) is 3.33. The highest BCUT2D eigenvalue weighted by molar-refractivity contribution is 6.07. The van der Waals surface area contributed by atoms with Crippen LogP contribution in [0.2, 0.25) is 0 Å². The Kier molecular flexibility index (Phi) is 8.47. The number of allylic oxidation sites excluding steroid dienone is 1. The fraction of sp³-hybridized carbons (Fsp3) is 0.292. The van der Waals surface area contributed by atoms with Crippen LogP contribution >= 0.6 is 0 Å². The topological polar surface area (TPSA) is 126 Å². The van der Waals surface area contributed by atoms with Crippen LogP contribution in [-0.2, 0) is 4.79 Å². The SMILES string of the molecule is C=CCNC(=O)c1cnc(Nc2ccc(N3CCC(N(C)C)C3)cc2)nc1NC(=N)/C=C\C=O. The minimum absolute atomic E-state index is 0.0967. The fourth-order valence-corrected chi connectivity index (χ4v) is 3.55. The van der Waals surface area contributed by atoms with E-state index >= 15 is 0 Å². The third-order valence-electron chi connectivity index (χ3n) is 5.42. The highest BCUT2D eigenvalue weighted by atomic mass is 16.1. The van der Waals surface area contributed by atoms with Crippen LogP contribution in [0.3, 0.4) is 0 Å². The number of amides is 1. The zero-order valence-electron chi connectivity index (χ0n) is 19.4. The summed E-state index contributed by atoms with van der Waals surface area (Å²) < 4.78 is 0. The summed E-state index contributed by atoms with van der Waals surface area (Å²) in [5.41, 5.74) is 2.11. The number of rotatable bonds is 10. The Hall–Kier alpha value is -4.05. The van der Waals surface area contributed by atoms with Crippen molar-refractivity contribution in [1.29, 1.82) is 5.41 Å². The number of nitrogens with one attached hydrogen (secondary N) is 4. The molecule has 2 aromatic rings. The quantitative estimate of drug-likeness (QED) is 0.139. The van der Waals surface area contributed by atoms with Gasteiger partial charge in [0.1, 0.15) is 23.5 Å². The van der Waals surface area contributed by atoms with Crippen LogP contribution in [0.15, 0.2) is 55.3 Å². The van der Waals surface area contributed by atoms with Gasteiger partial charge in [-0.25, -0.2) is 4.98 Å². The molecule has 1 atom stereocenters. The fourth-order valence-electron chi connectivity index (χ4n) is 3.55. The normalized spacial score (nSPS) is 15.4. The summed E-state index contributed by atoms with van der Waals surface area (Å²) in [7, 11) is 4.22. The summed E-state index contributed by atoms with van der Waals surface area (Å²) in [5, 5.41) is 16.5. The van der Waals surface area contributed by atoms with Crippen LogP contribution < -0.4 is 20.9 Å². The first-order valence-corrected chi connectivity index (χ1v) is 10.9. The summed E-state index contributed by atoms with van der Waals surface area (Å²) in [6.45, 7) is 5.88. The second-order valence-corrected chi connectivity index (χ2v) is 8.01. The summed E-state index contributed by atoms with van der Waals surface area (Å²) >= 11 is 0. The molecule has 0 radical (unpaired) electrons. The van der Waals surface area contributed by atoms with E-state index in [9.17, 15) is 9.59 Å². The Bertz CT molecular complexity index is 1070. The van der Waals surface area contributed by atoms with Crippen LogP contribution in [0.25, 0.3) is 0 Å². The molecule has 0 spiro atoms. The minimum atomic E-state index is -0.410. The van der Waals surface area contributed by atoms with Crippen molar-refractivity contribution >= 4 is 41.2 Å². The van der Waals surface area contributed by atoms with Crippen LogP contribution in [0.1, 0.15) is 16.8 Å². The molecule has 0 aliphatic carbocycles. The number of benzene rings is 1. The molecule has 1 amide bonds. The van der Waals surface area contributed by atoms with Gasteiger partial charge in [-0.05, 0) is 56.9 Å². The van der Waals surface area contributed by atoms with Gasteiger partial charge in [-0.3, -0.25) is 15.0 Å². The molecule has 3 rings (SSSR count). The predicted molar refractivity (Wildman–Crippen MR) is 135 cm³/mol. The lowest BCUT2D eigenvalue weighted by molar-refractivity contribution is -0.104. The van der Waals surface area contributed by atoms with Crippen molar-refractivity contribution in [1.82, 2.24) is 20.2 Å². The number of carbonyl (C=O) groups is 2. The van der Waals surface area contributed by atoms with Gasteiger partial charge < -0.3 is 25.8 Å². The van der Waals surface area contributed by atoms with Gasteiger partial charge in [0.2, 0.25) is 5.95 Å². The number of anilines is 4. The van der Waals surface area contributed by atoms with E-state index in [1.165, 1.54) is 18.3 Å². The molecule has 0 saturated carbocycles. The molecule has 10 heteroatoms. The first-order valence-electron chi connectivity index (χ1n) is 10.9. The lowest BCUT2D eigenvalue weighted by atomic mass is 10.2. The Labute approximate surface area is 199 Å². The van der Waals surface area contributed by atoms with Gasteiger partial charge in [-0.1, -0.05) is 6.08 Å². The first-order chi connectivity index (χ1) is 16.4. The summed E-state index contributed by atoms with van der Waals surface area (Å²) in [4.78, 5) is 36.3. The van der Waals surface area contributed by atoms with Gasteiger partial charge in [0.05, 0.1) is 0 Å². The molecular formula is C24H30N8O2. The number of likely N-dealkylation sites (N-methyl/N-ethyl adjacent to an activating group) is 1. The van der Waals surface area contributed by atoms with Gasteiger partial charge in [0.25, 0.3) is 5.91 Å². The largest absolute Gasteiger partial charge is 0.370 e. The smallest absolute Gasteiger partial charge is 0.256 e. The molecular weight excluding hydrogens is 432 g/mol. The molecule has 1 aliphatic heterocycles. The van der Waals surface area contributed by atoms with E-state index in [-0.39, 0.29) is 29.7 Å². The maximum atomic E-state index is 12.5. The highest BCUT2D eigenvalue weighted by Gasteiger charge is 2.24. The molecule has 1 aromatic carbocycles. The zero-order chi connectivity index (χ0) is 24.5. The van der Waals surface area contributed by atoms with Gasteiger partial charge in [0.15, 0.2) is 0 Å². The molecule has 1 unspecified atom stereocenters. The molecule has 0 bridgehead atoms. The van der Waals surface area contributed by atoms with Crippen molar-refractivity contribution in [2.75, 3.05) is 49.3 Å². The second-order valence-electron chi connectivity index (χ2n) is 8.01. The van der Waals surface area contributed by atoms with Crippen LogP contribution in [0.4, 0.5) is 23.1 Å². The molecule has 4 N–H and O–H groups in total. The third kappa shape index (κ3) is 6.48. The molecule has 10 nitrogen and oxygen atoms in total. The maximum Gasteiger partial charge on any atom is 0.256 e. The number of carbonyl (C=O) groups excluding carboxylic acids is 2. The van der Waals surface area contributed by atoms with Crippen molar-refractivity contribution in [3.8, 4) is 0 Å². The van der Waals surface area contributed by atoms with E-state index in [0.717, 1.165) is 30.9 Å². The van der Waals surface area contributed by atoms with Crippen molar-refractivity contribution < 1.29 is 9.59 Å². The number of aromatic nitrogens is 2. The lowest BCUT2D eigenvalue weighted by Crippen LogP contribution is -2.31. The van der Waals surface area contributed by atoms with Crippen molar-refractivity contribution in [3.63, 3.8) is 0 Å². The number of nitrogens with zero attached hydrogens (tertiary/aromatic N) is 4. The molecule has 2 heterocycles. The number of aldehydes is 1. The first kappa shape index (κ1) is 24.6. The van der Waals surface area contributed by atoms with Gasteiger partial charge in [-0.15, -0.1) is 6.58 Å². The predicted octanol–water partition coefficient (Wildman–Crippen LogP) is 2.42. The Morgan fingerprint density at radius 1 is 1.32 bits per heavy atom. The molecule has 1 aliphatic rings. The van der Waals surface area contributed by atoms with E-state index in [0.29, 0.717) is 12.3 Å². The van der Waals surface area contributed by atoms with Gasteiger partial charge in [-0.2, -0.15) is 4.98 Å². The number of hydrogen-bond acceptors (Lipinski definition) is 8. The maximum absolute atomic E-state index is 12.5. The van der Waals surface area contributed by atoms with Crippen molar-refractivity contribution in [2.24, 2.45) is 0 Å². The lowest BCUT2D eigenvalue weighted by Gasteiger charge is -2.22.